The van der Waals surface area contributed by atoms with Gasteiger partial charge in [-0.3, -0.25) is 4.79 Å². The minimum atomic E-state index is -0.972. The summed E-state index contributed by atoms with van der Waals surface area (Å²) < 4.78 is 42.8. The Kier molecular flexibility index (Phi) is 8.33. The number of halogens is 4. The zero-order chi connectivity index (χ0) is 22.5. The normalized spacial score (nSPS) is 13.7. The van der Waals surface area contributed by atoms with Crippen molar-refractivity contribution in [3.05, 3.63) is 64.4 Å². The summed E-state index contributed by atoms with van der Waals surface area (Å²) in [6, 6.07) is 8.28. The van der Waals surface area contributed by atoms with Crippen molar-refractivity contribution in [1.82, 2.24) is 5.32 Å². The number of anilines is 1. The van der Waals surface area contributed by atoms with Crippen LogP contribution in [0.4, 0.5) is 18.9 Å². The number of rotatable bonds is 8. The van der Waals surface area contributed by atoms with E-state index in [1.807, 2.05) is 20.8 Å². The molecule has 3 nitrogen and oxygen atoms in total. The van der Waals surface area contributed by atoms with Gasteiger partial charge in [-0.15, -0.1) is 0 Å². The van der Waals surface area contributed by atoms with Crippen LogP contribution in [0.5, 0.6) is 0 Å². The van der Waals surface area contributed by atoms with Gasteiger partial charge in [0.1, 0.15) is 0 Å². The summed E-state index contributed by atoms with van der Waals surface area (Å²) in [5.41, 5.74) is -0.00834. The number of carbonyl (C=O) groups is 1. The number of likely N-dealkylation sites (N-methyl/N-ethyl adjacent to an activating group) is 1. The molecule has 0 bridgehead atoms. The van der Waals surface area contributed by atoms with Gasteiger partial charge in [0.15, 0.2) is 17.5 Å². The number of hydrogen-bond donors (Lipinski definition) is 2. The summed E-state index contributed by atoms with van der Waals surface area (Å²) >= 11 is 5.82. The Balaban J connectivity index is 2.43. The highest BCUT2D eigenvalue weighted by molar-refractivity contribution is 6.31. The first-order valence-corrected chi connectivity index (χ1v) is 10.3. The molecule has 164 valence electrons. The van der Waals surface area contributed by atoms with Crippen LogP contribution >= 0.6 is 11.6 Å². The van der Waals surface area contributed by atoms with E-state index in [0.29, 0.717) is 12.8 Å². The van der Waals surface area contributed by atoms with Crippen LogP contribution in [0.25, 0.3) is 0 Å². The van der Waals surface area contributed by atoms with Gasteiger partial charge in [-0.05, 0) is 49.1 Å². The summed E-state index contributed by atoms with van der Waals surface area (Å²) in [7, 11) is 1.68. The van der Waals surface area contributed by atoms with E-state index < -0.39 is 35.2 Å². The minimum Gasteiger partial charge on any atom is -0.323 e. The van der Waals surface area contributed by atoms with Gasteiger partial charge < -0.3 is 10.6 Å². The van der Waals surface area contributed by atoms with Crippen molar-refractivity contribution in [3.8, 4) is 0 Å². The standard InChI is InChI=1S/C23H28ClF3N2O/c1-23(2,3)12-11-15(22(30)29-19-10-6-8-17(24)21(19)27)16(13-28-4)14-7-5-9-18(25)20(14)26/h5-10,15-16,28H,11-13H2,1-4H3,(H,29,30). The molecular weight excluding hydrogens is 413 g/mol. The molecule has 0 aliphatic heterocycles. The van der Waals surface area contributed by atoms with Crippen molar-refractivity contribution in [2.45, 2.75) is 39.5 Å². The predicted molar refractivity (Wildman–Crippen MR) is 115 cm³/mol. The molecule has 2 rings (SSSR count). The highest BCUT2D eigenvalue weighted by Gasteiger charge is 2.33. The number of nitrogens with one attached hydrogen (secondary N) is 2. The Labute approximate surface area is 181 Å². The quantitative estimate of drug-likeness (QED) is 0.517. The first kappa shape index (κ1) is 24.2. The third kappa shape index (κ3) is 6.22. The van der Waals surface area contributed by atoms with Gasteiger partial charge in [0.05, 0.1) is 10.7 Å². The van der Waals surface area contributed by atoms with Crippen molar-refractivity contribution in [3.63, 3.8) is 0 Å². The smallest absolute Gasteiger partial charge is 0.228 e. The Morgan fingerprint density at radius 3 is 2.37 bits per heavy atom. The number of hydrogen-bond acceptors (Lipinski definition) is 2. The van der Waals surface area contributed by atoms with Gasteiger partial charge in [0, 0.05) is 18.4 Å². The molecule has 2 N–H and O–H groups in total. The summed E-state index contributed by atoms with van der Waals surface area (Å²) in [5.74, 6) is -4.50. The maximum absolute atomic E-state index is 14.6. The lowest BCUT2D eigenvalue weighted by Gasteiger charge is -2.30. The fourth-order valence-corrected chi connectivity index (χ4v) is 3.60. The van der Waals surface area contributed by atoms with Gasteiger partial charge in [0.25, 0.3) is 0 Å². The number of carbonyl (C=O) groups excluding carboxylic acids is 1. The molecule has 0 saturated carbocycles. The lowest BCUT2D eigenvalue weighted by molar-refractivity contribution is -0.121. The molecule has 0 spiro atoms. The molecule has 0 aliphatic rings. The molecule has 0 aromatic heterocycles. The minimum absolute atomic E-state index is 0.0452. The van der Waals surface area contributed by atoms with Gasteiger partial charge in [-0.1, -0.05) is 50.6 Å². The van der Waals surface area contributed by atoms with E-state index in [-0.39, 0.29) is 28.2 Å². The van der Waals surface area contributed by atoms with Crippen LogP contribution < -0.4 is 10.6 Å². The molecule has 0 radical (unpaired) electrons. The van der Waals surface area contributed by atoms with E-state index in [1.165, 1.54) is 30.3 Å². The highest BCUT2D eigenvalue weighted by atomic mass is 35.5. The Morgan fingerprint density at radius 2 is 1.73 bits per heavy atom. The molecule has 30 heavy (non-hydrogen) atoms. The lowest BCUT2D eigenvalue weighted by atomic mass is 9.78. The molecule has 7 heteroatoms. The first-order valence-electron chi connectivity index (χ1n) is 9.88. The van der Waals surface area contributed by atoms with Crippen LogP contribution in [0.15, 0.2) is 36.4 Å². The van der Waals surface area contributed by atoms with Gasteiger partial charge in [0.2, 0.25) is 5.91 Å². The Morgan fingerprint density at radius 1 is 1.07 bits per heavy atom. The molecular formula is C23H28ClF3N2O. The largest absolute Gasteiger partial charge is 0.323 e. The van der Waals surface area contributed by atoms with Gasteiger partial charge >= 0.3 is 0 Å². The summed E-state index contributed by atoms with van der Waals surface area (Å²) in [6.45, 7) is 6.36. The second-order valence-electron chi connectivity index (χ2n) is 8.60. The average Bonchev–Trinajstić information content (AvgIpc) is 2.66. The van der Waals surface area contributed by atoms with Crippen molar-refractivity contribution < 1.29 is 18.0 Å². The van der Waals surface area contributed by atoms with Crippen molar-refractivity contribution in [2.75, 3.05) is 18.9 Å². The molecule has 2 aromatic carbocycles. The van der Waals surface area contributed by atoms with E-state index in [4.69, 9.17) is 11.6 Å². The van der Waals surface area contributed by atoms with E-state index in [2.05, 4.69) is 10.6 Å². The lowest BCUT2D eigenvalue weighted by Crippen LogP contribution is -2.34. The fraction of sp³-hybridized carbons (Fsp3) is 0.435. The monoisotopic (exact) mass is 440 g/mol. The maximum atomic E-state index is 14.6. The number of benzene rings is 2. The summed E-state index contributed by atoms with van der Waals surface area (Å²) in [6.07, 6.45) is 1.08. The molecule has 2 atom stereocenters. The zero-order valence-electron chi connectivity index (χ0n) is 17.7. The third-order valence-electron chi connectivity index (χ3n) is 5.04. The molecule has 2 aromatic rings. The number of amides is 1. The van der Waals surface area contributed by atoms with E-state index >= 15 is 0 Å². The second kappa shape index (κ2) is 10.3. The third-order valence-corrected chi connectivity index (χ3v) is 5.33. The van der Waals surface area contributed by atoms with Crippen LogP contribution in [-0.2, 0) is 4.79 Å². The molecule has 0 aliphatic carbocycles. The van der Waals surface area contributed by atoms with Gasteiger partial charge in [-0.2, -0.15) is 0 Å². The highest BCUT2D eigenvalue weighted by Crippen LogP contribution is 2.35. The van der Waals surface area contributed by atoms with Crippen LogP contribution in [0.1, 0.15) is 45.1 Å². The van der Waals surface area contributed by atoms with Crippen LogP contribution in [0.3, 0.4) is 0 Å². The topological polar surface area (TPSA) is 41.1 Å². The van der Waals surface area contributed by atoms with Crippen LogP contribution in [0, 0.1) is 28.8 Å². The fourth-order valence-electron chi connectivity index (χ4n) is 3.43. The van der Waals surface area contributed by atoms with Crippen molar-refractivity contribution in [2.24, 2.45) is 11.3 Å². The molecule has 0 heterocycles. The van der Waals surface area contributed by atoms with Crippen molar-refractivity contribution in [1.29, 1.82) is 0 Å². The van der Waals surface area contributed by atoms with Crippen molar-refractivity contribution >= 4 is 23.2 Å². The van der Waals surface area contributed by atoms with E-state index in [1.54, 1.807) is 7.05 Å². The van der Waals surface area contributed by atoms with Crippen LogP contribution in [0.2, 0.25) is 5.02 Å². The zero-order valence-corrected chi connectivity index (χ0v) is 18.4. The molecule has 2 unspecified atom stereocenters. The Bertz CT molecular complexity index is 883. The van der Waals surface area contributed by atoms with Crippen LogP contribution in [-0.4, -0.2) is 19.5 Å². The SMILES string of the molecule is CNCC(c1cccc(F)c1F)C(CCC(C)(C)C)C(=O)Nc1cccc(Cl)c1F. The maximum Gasteiger partial charge on any atom is 0.228 e. The second-order valence-corrected chi connectivity index (χ2v) is 9.01. The Hall–Kier alpha value is -2.05. The molecule has 1 amide bonds. The molecule has 0 fully saturated rings. The molecule has 0 saturated heterocycles. The van der Waals surface area contributed by atoms with Gasteiger partial charge in [-0.25, -0.2) is 13.2 Å². The summed E-state index contributed by atoms with van der Waals surface area (Å²) in [5, 5.41) is 5.44. The van der Waals surface area contributed by atoms with E-state index in [0.717, 1.165) is 6.07 Å². The summed E-state index contributed by atoms with van der Waals surface area (Å²) in [4.78, 5) is 13.2. The van der Waals surface area contributed by atoms with E-state index in [9.17, 15) is 18.0 Å². The first-order chi connectivity index (χ1) is 14.0. The predicted octanol–water partition coefficient (Wildman–Crippen LogP) is 6.14. The average molecular weight is 441 g/mol.